The molecule has 6 heteroatoms. The van der Waals surface area contributed by atoms with Crippen LogP contribution in [0.5, 0.6) is 11.5 Å². The quantitative estimate of drug-likeness (QED) is 0.756. The van der Waals surface area contributed by atoms with Crippen molar-refractivity contribution in [3.63, 3.8) is 0 Å². The average Bonchev–Trinajstić information content (AvgIpc) is 2.52. The van der Waals surface area contributed by atoms with Crippen LogP contribution >= 0.6 is 0 Å². The number of amides is 1. The second-order valence-electron chi connectivity index (χ2n) is 5.37. The zero-order valence-electron chi connectivity index (χ0n) is 14.2. The van der Waals surface area contributed by atoms with Gasteiger partial charge in [-0.1, -0.05) is 13.8 Å². The Morgan fingerprint density at radius 1 is 1.22 bits per heavy atom. The molecule has 0 saturated heterocycles. The molecule has 1 aromatic rings. The van der Waals surface area contributed by atoms with Gasteiger partial charge in [0.2, 0.25) is 0 Å². The molecule has 0 aliphatic rings. The zero-order chi connectivity index (χ0) is 17.4. The van der Waals surface area contributed by atoms with E-state index in [1.54, 1.807) is 32.2 Å². The lowest BCUT2D eigenvalue weighted by Gasteiger charge is -2.20. The molecule has 128 valence electrons. The van der Waals surface area contributed by atoms with Crippen LogP contribution in [0.2, 0.25) is 0 Å². The van der Waals surface area contributed by atoms with Crippen LogP contribution < -0.4 is 9.47 Å². The summed E-state index contributed by atoms with van der Waals surface area (Å²) in [5, 5.41) is 8.94. The van der Waals surface area contributed by atoms with Crippen molar-refractivity contribution in [1.82, 2.24) is 4.90 Å². The molecule has 0 spiro atoms. The Morgan fingerprint density at radius 2 is 1.91 bits per heavy atom. The van der Waals surface area contributed by atoms with Crippen molar-refractivity contribution in [1.29, 1.82) is 0 Å². The van der Waals surface area contributed by atoms with Crippen molar-refractivity contribution in [2.45, 2.75) is 27.2 Å². The number of carbonyl (C=O) groups excluding carboxylic acids is 1. The fourth-order valence-electron chi connectivity index (χ4n) is 2.03. The van der Waals surface area contributed by atoms with Crippen LogP contribution in [0.25, 0.3) is 0 Å². The predicted molar refractivity (Wildman–Crippen MR) is 87.2 cm³/mol. The molecule has 1 atom stereocenters. The minimum Gasteiger partial charge on any atom is -0.490 e. The number of carbonyl (C=O) groups is 2. The van der Waals surface area contributed by atoms with Gasteiger partial charge in [-0.15, -0.1) is 0 Å². The summed E-state index contributed by atoms with van der Waals surface area (Å²) in [4.78, 5) is 24.7. The minimum absolute atomic E-state index is 0.145. The molecule has 0 aliphatic heterocycles. The van der Waals surface area contributed by atoms with E-state index in [-0.39, 0.29) is 12.5 Å². The van der Waals surface area contributed by atoms with Crippen molar-refractivity contribution < 1.29 is 24.2 Å². The summed E-state index contributed by atoms with van der Waals surface area (Å²) >= 11 is 0. The summed E-state index contributed by atoms with van der Waals surface area (Å²) in [6, 6.07) is 5.01. The topological polar surface area (TPSA) is 76.1 Å². The molecule has 1 aromatic carbocycles. The van der Waals surface area contributed by atoms with Crippen LogP contribution in [0.3, 0.4) is 0 Å². The standard InChI is InChI=1S/C17H25NO5/c1-5-9-23-14-8-7-13(10-15(14)22-6-2)16(19)18(4)11-12(3)17(20)21/h7-8,10,12H,5-6,9,11H2,1-4H3,(H,20,21). The van der Waals surface area contributed by atoms with E-state index in [0.29, 0.717) is 30.3 Å². The van der Waals surface area contributed by atoms with Gasteiger partial charge in [-0.2, -0.15) is 0 Å². The molecule has 1 N–H and O–H groups in total. The van der Waals surface area contributed by atoms with Gasteiger partial charge in [-0.3, -0.25) is 9.59 Å². The molecule has 0 saturated carbocycles. The van der Waals surface area contributed by atoms with Gasteiger partial charge >= 0.3 is 5.97 Å². The van der Waals surface area contributed by atoms with Crippen molar-refractivity contribution in [3.8, 4) is 11.5 Å². The molecule has 1 amide bonds. The summed E-state index contributed by atoms with van der Waals surface area (Å²) in [6.45, 7) is 6.62. The highest BCUT2D eigenvalue weighted by molar-refractivity contribution is 5.95. The number of hydrogen-bond acceptors (Lipinski definition) is 4. The molecular weight excluding hydrogens is 298 g/mol. The van der Waals surface area contributed by atoms with Gasteiger partial charge in [0.05, 0.1) is 19.1 Å². The van der Waals surface area contributed by atoms with Crippen LogP contribution in [0, 0.1) is 5.92 Å². The zero-order valence-corrected chi connectivity index (χ0v) is 14.2. The maximum absolute atomic E-state index is 12.4. The van der Waals surface area contributed by atoms with Gasteiger partial charge in [-0.05, 0) is 31.5 Å². The monoisotopic (exact) mass is 323 g/mol. The molecule has 1 rings (SSSR count). The van der Waals surface area contributed by atoms with E-state index in [4.69, 9.17) is 14.6 Å². The normalized spacial score (nSPS) is 11.7. The molecule has 0 heterocycles. The van der Waals surface area contributed by atoms with Crippen molar-refractivity contribution >= 4 is 11.9 Å². The van der Waals surface area contributed by atoms with Gasteiger partial charge in [0, 0.05) is 19.2 Å². The third-order valence-electron chi connectivity index (χ3n) is 3.27. The Hall–Kier alpha value is -2.24. The molecule has 1 unspecified atom stereocenters. The van der Waals surface area contributed by atoms with E-state index in [0.717, 1.165) is 6.42 Å². The highest BCUT2D eigenvalue weighted by Gasteiger charge is 2.20. The third-order valence-corrected chi connectivity index (χ3v) is 3.27. The number of rotatable bonds is 9. The van der Waals surface area contributed by atoms with Gasteiger partial charge in [0.15, 0.2) is 11.5 Å². The number of nitrogens with zero attached hydrogens (tertiary/aromatic N) is 1. The van der Waals surface area contributed by atoms with E-state index >= 15 is 0 Å². The van der Waals surface area contributed by atoms with E-state index in [9.17, 15) is 9.59 Å². The van der Waals surface area contributed by atoms with Gasteiger partial charge in [0.25, 0.3) is 5.91 Å². The number of ether oxygens (including phenoxy) is 2. The van der Waals surface area contributed by atoms with Gasteiger partial charge in [-0.25, -0.2) is 0 Å². The maximum Gasteiger partial charge on any atom is 0.308 e. The summed E-state index contributed by atoms with van der Waals surface area (Å²) < 4.78 is 11.1. The van der Waals surface area contributed by atoms with Crippen molar-refractivity contribution in [3.05, 3.63) is 23.8 Å². The first-order valence-electron chi connectivity index (χ1n) is 7.78. The summed E-state index contributed by atoms with van der Waals surface area (Å²) in [7, 11) is 1.59. The molecule has 23 heavy (non-hydrogen) atoms. The molecule has 0 aromatic heterocycles. The fourth-order valence-corrected chi connectivity index (χ4v) is 2.03. The van der Waals surface area contributed by atoms with E-state index in [2.05, 4.69) is 0 Å². The third kappa shape index (κ3) is 5.47. The first-order chi connectivity index (χ1) is 10.9. The minimum atomic E-state index is -0.928. The van der Waals surface area contributed by atoms with Crippen molar-refractivity contribution in [2.24, 2.45) is 5.92 Å². The van der Waals surface area contributed by atoms with E-state index in [1.165, 1.54) is 4.90 Å². The maximum atomic E-state index is 12.4. The SMILES string of the molecule is CCCOc1ccc(C(=O)N(C)CC(C)C(=O)O)cc1OCC. The Kier molecular flexibility index (Phi) is 7.38. The Labute approximate surface area is 137 Å². The highest BCUT2D eigenvalue weighted by Crippen LogP contribution is 2.29. The smallest absolute Gasteiger partial charge is 0.308 e. The number of hydrogen-bond donors (Lipinski definition) is 1. The van der Waals surface area contributed by atoms with E-state index in [1.807, 2.05) is 13.8 Å². The Bertz CT molecular complexity index is 544. The molecule has 0 bridgehead atoms. The highest BCUT2D eigenvalue weighted by atomic mass is 16.5. The predicted octanol–water partition coefficient (Wildman–Crippen LogP) is 2.67. The van der Waals surface area contributed by atoms with E-state index < -0.39 is 11.9 Å². The second kappa shape index (κ2) is 9.02. The van der Waals surface area contributed by atoms with Crippen LogP contribution in [0.1, 0.15) is 37.6 Å². The van der Waals surface area contributed by atoms with Gasteiger partial charge < -0.3 is 19.5 Å². The van der Waals surface area contributed by atoms with Crippen LogP contribution in [0.4, 0.5) is 0 Å². The van der Waals surface area contributed by atoms with Crippen LogP contribution in [-0.2, 0) is 4.79 Å². The number of carboxylic acids is 1. The molecule has 0 radical (unpaired) electrons. The first kappa shape index (κ1) is 18.8. The first-order valence-corrected chi connectivity index (χ1v) is 7.78. The van der Waals surface area contributed by atoms with Crippen LogP contribution in [0.15, 0.2) is 18.2 Å². The number of carboxylic acid groups (broad SMARTS) is 1. The fraction of sp³-hybridized carbons (Fsp3) is 0.529. The lowest BCUT2D eigenvalue weighted by atomic mass is 10.1. The molecule has 0 fully saturated rings. The summed E-state index contributed by atoms with van der Waals surface area (Å²) in [5.41, 5.74) is 0.442. The largest absolute Gasteiger partial charge is 0.490 e. The molecule has 6 nitrogen and oxygen atoms in total. The average molecular weight is 323 g/mol. The Morgan fingerprint density at radius 3 is 2.48 bits per heavy atom. The lowest BCUT2D eigenvalue weighted by molar-refractivity contribution is -0.141. The van der Waals surface area contributed by atoms with Crippen LogP contribution in [-0.4, -0.2) is 48.7 Å². The Balaban J connectivity index is 2.91. The number of benzene rings is 1. The molecular formula is C17H25NO5. The van der Waals surface area contributed by atoms with Crippen molar-refractivity contribution in [2.75, 3.05) is 26.8 Å². The summed E-state index contributed by atoms with van der Waals surface area (Å²) in [5.74, 6) is -0.676. The lowest BCUT2D eigenvalue weighted by Crippen LogP contribution is -2.33. The number of aliphatic carboxylic acids is 1. The summed E-state index contributed by atoms with van der Waals surface area (Å²) in [6.07, 6.45) is 0.877. The van der Waals surface area contributed by atoms with Gasteiger partial charge in [0.1, 0.15) is 0 Å². The second-order valence-corrected chi connectivity index (χ2v) is 5.37. The molecule has 0 aliphatic carbocycles.